The van der Waals surface area contributed by atoms with Crippen LogP contribution in [-0.4, -0.2) is 42.5 Å². The van der Waals surface area contributed by atoms with Crippen LogP contribution < -0.4 is 10.1 Å². The van der Waals surface area contributed by atoms with Gasteiger partial charge in [-0.25, -0.2) is 0 Å². The molecule has 0 saturated carbocycles. The fourth-order valence-electron chi connectivity index (χ4n) is 3.22. The van der Waals surface area contributed by atoms with Crippen molar-refractivity contribution >= 4 is 11.8 Å². The molecule has 6 nitrogen and oxygen atoms in total. The number of hydrogen-bond acceptors (Lipinski definition) is 4. The summed E-state index contributed by atoms with van der Waals surface area (Å²) >= 11 is 0. The second kappa shape index (κ2) is 8.08. The highest BCUT2D eigenvalue weighted by molar-refractivity contribution is 5.91. The zero-order valence-electron chi connectivity index (χ0n) is 15.2. The number of piperidine rings is 1. The number of likely N-dealkylation sites (tertiary alicyclic amines) is 1. The highest BCUT2D eigenvalue weighted by Gasteiger charge is 2.25. The number of para-hydroxylation sites is 1. The van der Waals surface area contributed by atoms with Crippen molar-refractivity contribution in [3.05, 3.63) is 53.5 Å². The molecule has 1 aromatic heterocycles. The van der Waals surface area contributed by atoms with E-state index in [-0.39, 0.29) is 24.5 Å². The number of hydrogen-bond donors (Lipinski definition) is 1. The summed E-state index contributed by atoms with van der Waals surface area (Å²) in [5, 5.41) is 3.00. The predicted molar refractivity (Wildman–Crippen MR) is 97.2 cm³/mol. The van der Waals surface area contributed by atoms with Gasteiger partial charge >= 0.3 is 0 Å². The van der Waals surface area contributed by atoms with Crippen LogP contribution in [0.2, 0.25) is 0 Å². The Hall–Kier alpha value is -2.76. The molecule has 2 amide bonds. The van der Waals surface area contributed by atoms with Gasteiger partial charge in [-0.1, -0.05) is 18.2 Å². The molecule has 0 radical (unpaired) electrons. The van der Waals surface area contributed by atoms with Crippen molar-refractivity contribution < 1.29 is 18.7 Å². The highest BCUT2D eigenvalue weighted by Crippen LogP contribution is 2.22. The highest BCUT2D eigenvalue weighted by atomic mass is 16.5. The quantitative estimate of drug-likeness (QED) is 0.894. The van der Waals surface area contributed by atoms with Crippen LogP contribution in [0.3, 0.4) is 0 Å². The molecule has 26 heavy (non-hydrogen) atoms. The monoisotopic (exact) mass is 356 g/mol. The van der Waals surface area contributed by atoms with Crippen molar-refractivity contribution in [3.63, 3.8) is 0 Å². The Labute approximate surface area is 153 Å². The molecule has 0 atom stereocenters. The Morgan fingerprint density at radius 3 is 2.46 bits per heavy atom. The van der Waals surface area contributed by atoms with E-state index < -0.39 is 0 Å². The molecule has 0 bridgehead atoms. The summed E-state index contributed by atoms with van der Waals surface area (Å²) in [4.78, 5) is 26.2. The molecule has 2 heterocycles. The van der Waals surface area contributed by atoms with Gasteiger partial charge in [0.1, 0.15) is 5.75 Å². The third-order valence-corrected chi connectivity index (χ3v) is 4.64. The first-order valence-corrected chi connectivity index (χ1v) is 8.86. The van der Waals surface area contributed by atoms with E-state index in [1.165, 1.54) is 6.26 Å². The Kier molecular flexibility index (Phi) is 5.61. The number of benzene rings is 1. The summed E-state index contributed by atoms with van der Waals surface area (Å²) in [5.41, 5.74) is 2.03. The minimum absolute atomic E-state index is 0.00274. The van der Waals surface area contributed by atoms with Gasteiger partial charge in [0, 0.05) is 19.1 Å². The first-order valence-electron chi connectivity index (χ1n) is 8.86. The normalized spacial score (nSPS) is 14.9. The van der Waals surface area contributed by atoms with Crippen molar-refractivity contribution in [2.24, 2.45) is 0 Å². The van der Waals surface area contributed by atoms with Crippen molar-refractivity contribution in [1.29, 1.82) is 0 Å². The van der Waals surface area contributed by atoms with Crippen LogP contribution >= 0.6 is 0 Å². The maximum atomic E-state index is 12.2. The fourth-order valence-corrected chi connectivity index (χ4v) is 3.22. The summed E-state index contributed by atoms with van der Waals surface area (Å²) in [7, 11) is 0. The van der Waals surface area contributed by atoms with Crippen LogP contribution in [0, 0.1) is 13.8 Å². The molecule has 1 aliphatic heterocycles. The minimum atomic E-state index is -0.136. The third kappa shape index (κ3) is 4.25. The van der Waals surface area contributed by atoms with Crippen LogP contribution in [0.1, 0.15) is 34.5 Å². The van der Waals surface area contributed by atoms with E-state index in [9.17, 15) is 9.59 Å². The smallest absolute Gasteiger partial charge is 0.289 e. The zero-order valence-corrected chi connectivity index (χ0v) is 15.2. The fraction of sp³-hybridized carbons (Fsp3) is 0.400. The Morgan fingerprint density at radius 2 is 1.85 bits per heavy atom. The van der Waals surface area contributed by atoms with Gasteiger partial charge in [-0.2, -0.15) is 0 Å². The van der Waals surface area contributed by atoms with Gasteiger partial charge < -0.3 is 19.4 Å². The Morgan fingerprint density at radius 1 is 1.15 bits per heavy atom. The van der Waals surface area contributed by atoms with Crippen LogP contribution in [0.25, 0.3) is 0 Å². The van der Waals surface area contributed by atoms with Gasteiger partial charge in [0.15, 0.2) is 12.4 Å². The Bertz CT molecular complexity index is 742. The van der Waals surface area contributed by atoms with E-state index in [2.05, 4.69) is 5.32 Å². The summed E-state index contributed by atoms with van der Waals surface area (Å²) in [6.45, 7) is 5.12. The van der Waals surface area contributed by atoms with Gasteiger partial charge in [-0.05, 0) is 49.9 Å². The van der Waals surface area contributed by atoms with E-state index >= 15 is 0 Å². The largest absolute Gasteiger partial charge is 0.483 e. The molecule has 1 aliphatic rings. The first-order chi connectivity index (χ1) is 12.5. The van der Waals surface area contributed by atoms with Crippen molar-refractivity contribution in [2.75, 3.05) is 19.7 Å². The van der Waals surface area contributed by atoms with Crippen molar-refractivity contribution in [1.82, 2.24) is 10.2 Å². The molecule has 0 unspecified atom stereocenters. The minimum Gasteiger partial charge on any atom is -0.483 e. The molecule has 1 N–H and O–H groups in total. The van der Waals surface area contributed by atoms with Gasteiger partial charge in [0.2, 0.25) is 0 Å². The molecule has 1 aromatic carbocycles. The molecule has 1 saturated heterocycles. The third-order valence-electron chi connectivity index (χ3n) is 4.64. The van der Waals surface area contributed by atoms with Crippen LogP contribution in [0.5, 0.6) is 5.75 Å². The lowest BCUT2D eigenvalue weighted by molar-refractivity contribution is -0.124. The maximum Gasteiger partial charge on any atom is 0.289 e. The van der Waals surface area contributed by atoms with E-state index in [4.69, 9.17) is 9.15 Å². The van der Waals surface area contributed by atoms with Gasteiger partial charge in [0.05, 0.1) is 6.26 Å². The van der Waals surface area contributed by atoms with Crippen LogP contribution in [0.15, 0.2) is 41.0 Å². The predicted octanol–water partition coefficient (Wildman–Crippen LogP) is 2.70. The molecule has 138 valence electrons. The summed E-state index contributed by atoms with van der Waals surface area (Å²) in [5.74, 6) is 0.887. The number of nitrogens with zero attached hydrogens (tertiary/aromatic N) is 1. The van der Waals surface area contributed by atoms with Gasteiger partial charge in [0.25, 0.3) is 11.8 Å². The number of carbonyl (C=O) groups excluding carboxylic acids is 2. The summed E-state index contributed by atoms with van der Waals surface area (Å²) < 4.78 is 10.8. The molecular formula is C20H24N2O4. The number of furan rings is 1. The van der Waals surface area contributed by atoms with E-state index in [1.807, 2.05) is 32.0 Å². The standard InChI is InChI=1S/C20H24N2O4/c1-14-5-3-6-15(2)19(14)26-13-18(23)21-16-8-10-22(11-9-16)20(24)17-7-4-12-25-17/h3-7,12,16H,8-11,13H2,1-2H3,(H,21,23). The zero-order chi connectivity index (χ0) is 18.5. The molecule has 0 spiro atoms. The van der Waals surface area contributed by atoms with E-state index in [0.717, 1.165) is 29.7 Å². The lowest BCUT2D eigenvalue weighted by Crippen LogP contribution is -2.47. The number of nitrogens with one attached hydrogen (secondary N) is 1. The van der Waals surface area contributed by atoms with Crippen LogP contribution in [0.4, 0.5) is 0 Å². The van der Waals surface area contributed by atoms with E-state index in [1.54, 1.807) is 17.0 Å². The average molecular weight is 356 g/mol. The average Bonchev–Trinajstić information content (AvgIpc) is 3.16. The summed E-state index contributed by atoms with van der Waals surface area (Å²) in [6.07, 6.45) is 2.94. The molecule has 0 aliphatic carbocycles. The first kappa shape index (κ1) is 18.0. The number of rotatable bonds is 5. The summed E-state index contributed by atoms with van der Waals surface area (Å²) in [6, 6.07) is 9.33. The number of amides is 2. The van der Waals surface area contributed by atoms with Gasteiger partial charge in [-0.3, -0.25) is 9.59 Å². The number of ether oxygens (including phenoxy) is 1. The molecule has 2 aromatic rings. The maximum absolute atomic E-state index is 12.2. The number of aryl methyl sites for hydroxylation is 2. The SMILES string of the molecule is Cc1cccc(C)c1OCC(=O)NC1CCN(C(=O)c2ccco2)CC1. The lowest BCUT2D eigenvalue weighted by atomic mass is 10.0. The second-order valence-electron chi connectivity index (χ2n) is 6.62. The number of carbonyl (C=O) groups is 2. The molecular weight excluding hydrogens is 332 g/mol. The molecule has 6 heteroatoms. The van der Waals surface area contributed by atoms with Crippen LogP contribution in [-0.2, 0) is 4.79 Å². The molecule has 3 rings (SSSR count). The van der Waals surface area contributed by atoms with Gasteiger partial charge in [-0.15, -0.1) is 0 Å². The lowest BCUT2D eigenvalue weighted by Gasteiger charge is -2.31. The topological polar surface area (TPSA) is 71.8 Å². The van der Waals surface area contributed by atoms with Crippen molar-refractivity contribution in [2.45, 2.75) is 32.7 Å². The van der Waals surface area contributed by atoms with E-state index in [0.29, 0.717) is 18.8 Å². The van der Waals surface area contributed by atoms with Crippen molar-refractivity contribution in [3.8, 4) is 5.75 Å². The Balaban J connectivity index is 1.44. The second-order valence-corrected chi connectivity index (χ2v) is 6.62. The molecule has 1 fully saturated rings.